The first kappa shape index (κ1) is 13.4. The molecule has 0 spiro atoms. The summed E-state index contributed by atoms with van der Waals surface area (Å²) in [5, 5.41) is 17.5. The van der Waals surface area contributed by atoms with Crippen LogP contribution >= 0.6 is 0 Å². The van der Waals surface area contributed by atoms with Crippen molar-refractivity contribution in [3.05, 3.63) is 11.1 Å². The second-order valence-corrected chi connectivity index (χ2v) is 2.99. The van der Waals surface area contributed by atoms with E-state index in [1.54, 1.807) is 13.8 Å². The largest absolute Gasteiger partial charge is 0.478 e. The lowest BCUT2D eigenvalue weighted by Crippen LogP contribution is -2.14. The average Bonchev–Trinajstić information content (AvgIpc) is 2.16. The van der Waals surface area contributed by atoms with Crippen LogP contribution < -0.4 is 0 Å². The van der Waals surface area contributed by atoms with Gasteiger partial charge >= 0.3 is 11.9 Å². The molecule has 84 valence electrons. The number of carbonyl (C=O) groups is 3. The van der Waals surface area contributed by atoms with Crippen LogP contribution in [0, 0.1) is 0 Å². The minimum absolute atomic E-state index is 0.0912. The highest BCUT2D eigenvalue weighted by Gasteiger charge is 2.20. The minimum Gasteiger partial charge on any atom is -0.478 e. The van der Waals surface area contributed by atoms with Crippen LogP contribution in [0.25, 0.3) is 0 Å². The number of hydrogen-bond acceptors (Lipinski definition) is 3. The van der Waals surface area contributed by atoms with E-state index in [2.05, 4.69) is 0 Å². The molecular formula is C10H14O5. The van der Waals surface area contributed by atoms with Crippen molar-refractivity contribution in [1.82, 2.24) is 0 Å². The Labute approximate surface area is 87.4 Å². The van der Waals surface area contributed by atoms with Gasteiger partial charge in [0.1, 0.15) is 5.78 Å². The van der Waals surface area contributed by atoms with Crippen molar-refractivity contribution in [2.75, 3.05) is 0 Å². The molecule has 0 amide bonds. The first-order chi connectivity index (χ1) is 6.93. The normalized spacial score (nSPS) is 11.9. The molecule has 15 heavy (non-hydrogen) atoms. The van der Waals surface area contributed by atoms with Gasteiger partial charge in [-0.3, -0.25) is 4.79 Å². The Morgan fingerprint density at radius 1 is 0.867 bits per heavy atom. The van der Waals surface area contributed by atoms with Crippen LogP contribution in [-0.2, 0) is 14.4 Å². The third kappa shape index (κ3) is 3.93. The van der Waals surface area contributed by atoms with E-state index in [9.17, 15) is 14.4 Å². The number of aliphatic carboxylic acids is 2. The summed E-state index contributed by atoms with van der Waals surface area (Å²) in [5.41, 5.74) is -0.513. The average molecular weight is 214 g/mol. The first-order valence-corrected chi connectivity index (χ1v) is 4.64. The first-order valence-electron chi connectivity index (χ1n) is 4.64. The van der Waals surface area contributed by atoms with Crippen LogP contribution in [0.4, 0.5) is 0 Å². The smallest absolute Gasteiger partial charge is 0.332 e. The summed E-state index contributed by atoms with van der Waals surface area (Å²) in [6.45, 7) is 3.15. The fraction of sp³-hybridized carbons (Fsp3) is 0.500. The van der Waals surface area contributed by atoms with Crippen molar-refractivity contribution in [2.24, 2.45) is 0 Å². The molecule has 0 heterocycles. The van der Waals surface area contributed by atoms with Crippen LogP contribution in [0.1, 0.15) is 33.1 Å². The quantitative estimate of drug-likeness (QED) is 0.649. The van der Waals surface area contributed by atoms with Gasteiger partial charge in [-0.15, -0.1) is 0 Å². The molecule has 0 atom stereocenters. The number of Topliss-reactive ketones (excluding diaryl/α,β-unsaturated/α-hetero) is 1. The Balaban J connectivity index is 5.16. The highest BCUT2D eigenvalue weighted by atomic mass is 16.4. The van der Waals surface area contributed by atoms with Crippen molar-refractivity contribution in [2.45, 2.75) is 33.1 Å². The number of carbonyl (C=O) groups excluding carboxylic acids is 1. The monoisotopic (exact) mass is 214 g/mol. The molecule has 0 aliphatic heterocycles. The zero-order valence-corrected chi connectivity index (χ0v) is 8.74. The zero-order valence-electron chi connectivity index (χ0n) is 8.74. The molecule has 0 radical (unpaired) electrons. The van der Waals surface area contributed by atoms with Crippen LogP contribution in [0.15, 0.2) is 11.1 Å². The van der Waals surface area contributed by atoms with Crippen molar-refractivity contribution < 1.29 is 24.6 Å². The molecule has 0 aromatic carbocycles. The van der Waals surface area contributed by atoms with Gasteiger partial charge in [0.2, 0.25) is 0 Å². The van der Waals surface area contributed by atoms with Gasteiger partial charge in [-0.1, -0.05) is 13.8 Å². The Morgan fingerprint density at radius 3 is 1.60 bits per heavy atom. The lowest BCUT2D eigenvalue weighted by atomic mass is 10.00. The Hall–Kier alpha value is -1.65. The molecule has 5 nitrogen and oxygen atoms in total. The molecule has 0 aliphatic rings. The van der Waals surface area contributed by atoms with Gasteiger partial charge in [0, 0.05) is 18.4 Å². The third-order valence-electron chi connectivity index (χ3n) is 2.00. The number of hydrogen-bond donors (Lipinski definition) is 2. The predicted octanol–water partition coefficient (Wildman–Crippen LogP) is 1.23. The van der Waals surface area contributed by atoms with Gasteiger partial charge < -0.3 is 10.2 Å². The van der Waals surface area contributed by atoms with E-state index in [4.69, 9.17) is 10.2 Å². The van der Waals surface area contributed by atoms with E-state index < -0.39 is 11.9 Å². The fourth-order valence-electron chi connectivity index (χ4n) is 1.13. The standard InChI is InChI=1S/C10H14O5/c1-3-6(11)5-8(10(14)15)7(4-2)9(12)13/h3-5H2,1-2H3,(H,12,13)(H,14,15)/b8-7+. The molecule has 0 saturated heterocycles. The predicted molar refractivity (Wildman–Crippen MR) is 52.5 cm³/mol. The lowest BCUT2D eigenvalue weighted by Gasteiger charge is -2.05. The van der Waals surface area contributed by atoms with Gasteiger partial charge in [-0.05, 0) is 6.42 Å². The highest BCUT2D eigenvalue weighted by molar-refractivity contribution is 6.02. The van der Waals surface area contributed by atoms with Gasteiger partial charge in [0.15, 0.2) is 0 Å². The van der Waals surface area contributed by atoms with E-state index in [0.29, 0.717) is 0 Å². The molecule has 0 saturated carbocycles. The number of carboxylic acids is 2. The Bertz CT molecular complexity index is 314. The molecule has 2 N–H and O–H groups in total. The summed E-state index contributed by atoms with van der Waals surface area (Å²) in [5.74, 6) is -2.89. The summed E-state index contributed by atoms with van der Waals surface area (Å²) in [7, 11) is 0. The summed E-state index contributed by atoms with van der Waals surface area (Å²) < 4.78 is 0. The van der Waals surface area contributed by atoms with E-state index in [1.165, 1.54) is 0 Å². The number of carboxylic acid groups (broad SMARTS) is 2. The van der Waals surface area contributed by atoms with Crippen LogP contribution in [0.5, 0.6) is 0 Å². The number of ketones is 1. The fourth-order valence-corrected chi connectivity index (χ4v) is 1.13. The number of rotatable bonds is 6. The van der Waals surface area contributed by atoms with Crippen molar-refractivity contribution in [1.29, 1.82) is 0 Å². The SMILES string of the molecule is CCC(=O)C/C(C(=O)O)=C(/CC)C(=O)O. The summed E-state index contributed by atoms with van der Waals surface area (Å²) in [4.78, 5) is 32.6. The molecule has 0 bridgehead atoms. The van der Waals surface area contributed by atoms with Gasteiger partial charge in [-0.2, -0.15) is 0 Å². The molecular weight excluding hydrogens is 200 g/mol. The van der Waals surface area contributed by atoms with E-state index in [-0.39, 0.29) is 36.2 Å². The molecule has 5 heteroatoms. The van der Waals surface area contributed by atoms with Crippen LogP contribution in [0.3, 0.4) is 0 Å². The van der Waals surface area contributed by atoms with E-state index in [1.807, 2.05) is 0 Å². The summed E-state index contributed by atoms with van der Waals surface area (Å²) >= 11 is 0. The van der Waals surface area contributed by atoms with Crippen LogP contribution in [-0.4, -0.2) is 27.9 Å². The van der Waals surface area contributed by atoms with Gasteiger partial charge in [0.25, 0.3) is 0 Å². The lowest BCUT2D eigenvalue weighted by molar-refractivity contribution is -0.136. The van der Waals surface area contributed by atoms with Crippen molar-refractivity contribution in [3.63, 3.8) is 0 Å². The topological polar surface area (TPSA) is 91.7 Å². The third-order valence-corrected chi connectivity index (χ3v) is 2.00. The Kier molecular flexibility index (Phi) is 5.30. The second kappa shape index (κ2) is 5.95. The van der Waals surface area contributed by atoms with Crippen molar-refractivity contribution >= 4 is 17.7 Å². The molecule has 0 aromatic heterocycles. The van der Waals surface area contributed by atoms with Gasteiger partial charge in [0.05, 0.1) is 5.57 Å². The zero-order chi connectivity index (χ0) is 12.0. The molecule has 0 rings (SSSR count). The summed E-state index contributed by atoms with van der Waals surface area (Å²) in [6.07, 6.45) is -0.0251. The maximum absolute atomic E-state index is 11.1. The van der Waals surface area contributed by atoms with Crippen molar-refractivity contribution in [3.8, 4) is 0 Å². The highest BCUT2D eigenvalue weighted by Crippen LogP contribution is 2.14. The molecule has 0 fully saturated rings. The molecule has 0 aliphatic carbocycles. The van der Waals surface area contributed by atoms with E-state index >= 15 is 0 Å². The summed E-state index contributed by atoms with van der Waals surface area (Å²) in [6, 6.07) is 0. The van der Waals surface area contributed by atoms with E-state index in [0.717, 1.165) is 0 Å². The van der Waals surface area contributed by atoms with Crippen LogP contribution in [0.2, 0.25) is 0 Å². The Morgan fingerprint density at radius 2 is 1.33 bits per heavy atom. The second-order valence-electron chi connectivity index (χ2n) is 2.99. The molecule has 0 aromatic rings. The van der Waals surface area contributed by atoms with Gasteiger partial charge in [-0.25, -0.2) is 9.59 Å². The minimum atomic E-state index is -1.34. The maximum atomic E-state index is 11.1. The maximum Gasteiger partial charge on any atom is 0.332 e. The molecule has 0 unspecified atom stereocenters.